The highest BCUT2D eigenvalue weighted by Gasteiger charge is 2.34. The van der Waals surface area contributed by atoms with E-state index in [-0.39, 0.29) is 5.41 Å². The monoisotopic (exact) mass is 379 g/mol. The molecule has 1 aliphatic rings. The SMILES string of the molecule is CC/C=C\C1=C(C)C(C)(C)c2cc(Nc3ccc(-c4ccccc4)cc3)ccc21. The van der Waals surface area contributed by atoms with Gasteiger partial charge in [-0.05, 0) is 65.4 Å². The summed E-state index contributed by atoms with van der Waals surface area (Å²) in [6, 6.07) is 25.9. The molecule has 4 rings (SSSR count). The number of rotatable bonds is 5. The first-order valence-corrected chi connectivity index (χ1v) is 10.5. The van der Waals surface area contributed by atoms with Gasteiger partial charge in [-0.1, -0.05) is 87.0 Å². The molecule has 0 amide bonds. The fourth-order valence-corrected chi connectivity index (χ4v) is 4.11. The summed E-state index contributed by atoms with van der Waals surface area (Å²) in [6.07, 6.45) is 5.61. The molecule has 0 unspecified atom stereocenters. The molecule has 0 saturated heterocycles. The van der Waals surface area contributed by atoms with Gasteiger partial charge in [0, 0.05) is 16.8 Å². The second kappa shape index (κ2) is 7.75. The van der Waals surface area contributed by atoms with Crippen LogP contribution >= 0.6 is 0 Å². The summed E-state index contributed by atoms with van der Waals surface area (Å²) >= 11 is 0. The van der Waals surface area contributed by atoms with E-state index in [1.165, 1.54) is 33.4 Å². The van der Waals surface area contributed by atoms with Crippen LogP contribution in [0.5, 0.6) is 0 Å². The summed E-state index contributed by atoms with van der Waals surface area (Å²) in [5.41, 5.74) is 10.4. The van der Waals surface area contributed by atoms with Crippen molar-refractivity contribution < 1.29 is 0 Å². The molecule has 0 heterocycles. The van der Waals surface area contributed by atoms with E-state index in [1.807, 2.05) is 0 Å². The Morgan fingerprint density at radius 3 is 2.17 bits per heavy atom. The van der Waals surface area contributed by atoms with Crippen LogP contribution < -0.4 is 5.32 Å². The topological polar surface area (TPSA) is 12.0 Å². The fourth-order valence-electron chi connectivity index (χ4n) is 4.11. The molecule has 0 bridgehead atoms. The largest absolute Gasteiger partial charge is 0.356 e. The maximum Gasteiger partial charge on any atom is 0.0387 e. The van der Waals surface area contributed by atoms with Crippen molar-refractivity contribution in [1.29, 1.82) is 0 Å². The van der Waals surface area contributed by atoms with Gasteiger partial charge in [0.1, 0.15) is 0 Å². The summed E-state index contributed by atoms with van der Waals surface area (Å²) in [5.74, 6) is 0. The molecule has 3 aromatic carbocycles. The zero-order valence-electron chi connectivity index (χ0n) is 17.8. The Labute approximate surface area is 174 Å². The van der Waals surface area contributed by atoms with Crippen molar-refractivity contribution in [2.45, 2.75) is 39.5 Å². The highest BCUT2D eigenvalue weighted by Crippen LogP contribution is 2.47. The van der Waals surface area contributed by atoms with E-state index in [2.05, 4.69) is 118 Å². The van der Waals surface area contributed by atoms with Gasteiger partial charge >= 0.3 is 0 Å². The molecule has 0 saturated carbocycles. The van der Waals surface area contributed by atoms with Gasteiger partial charge in [-0.2, -0.15) is 0 Å². The van der Waals surface area contributed by atoms with Gasteiger partial charge in [-0.3, -0.25) is 0 Å². The smallest absolute Gasteiger partial charge is 0.0387 e. The van der Waals surface area contributed by atoms with Crippen LogP contribution in [0.3, 0.4) is 0 Å². The van der Waals surface area contributed by atoms with Gasteiger partial charge in [0.15, 0.2) is 0 Å². The summed E-state index contributed by atoms with van der Waals surface area (Å²) in [7, 11) is 0. The van der Waals surface area contributed by atoms with Gasteiger partial charge in [-0.25, -0.2) is 0 Å². The average Bonchev–Trinajstić information content (AvgIpc) is 2.93. The number of anilines is 2. The predicted octanol–water partition coefficient (Wildman–Crippen LogP) is 8.13. The van der Waals surface area contributed by atoms with Crippen molar-refractivity contribution in [2.75, 3.05) is 5.32 Å². The summed E-state index contributed by atoms with van der Waals surface area (Å²) in [5, 5.41) is 3.59. The predicted molar refractivity (Wildman–Crippen MR) is 127 cm³/mol. The minimum Gasteiger partial charge on any atom is -0.356 e. The highest BCUT2D eigenvalue weighted by molar-refractivity contribution is 5.87. The Morgan fingerprint density at radius 2 is 1.48 bits per heavy atom. The van der Waals surface area contributed by atoms with Gasteiger partial charge in [-0.15, -0.1) is 0 Å². The molecular formula is C28H29N. The third-order valence-corrected chi connectivity index (χ3v) is 6.13. The van der Waals surface area contributed by atoms with Crippen LogP contribution in [0.15, 0.2) is 90.5 Å². The van der Waals surface area contributed by atoms with Crippen molar-refractivity contribution in [2.24, 2.45) is 0 Å². The highest BCUT2D eigenvalue weighted by atomic mass is 14.9. The molecule has 0 aliphatic heterocycles. The number of benzene rings is 3. The molecule has 0 aromatic heterocycles. The van der Waals surface area contributed by atoms with Crippen LogP contribution in [0.25, 0.3) is 16.7 Å². The van der Waals surface area contributed by atoms with Crippen molar-refractivity contribution in [3.63, 3.8) is 0 Å². The number of hydrogen-bond donors (Lipinski definition) is 1. The standard InChI is InChI=1S/C28H29N/c1-5-6-12-25-20(2)28(3,4)27-19-24(17-18-26(25)27)29-23-15-13-22(14-16-23)21-10-8-7-9-11-21/h6-19,29H,5H2,1-4H3/b12-6-. The fraction of sp³-hybridized carbons (Fsp3) is 0.214. The van der Waals surface area contributed by atoms with Crippen molar-refractivity contribution in [3.8, 4) is 11.1 Å². The van der Waals surface area contributed by atoms with Crippen molar-refractivity contribution in [3.05, 3.63) is 102 Å². The molecule has 1 nitrogen and oxygen atoms in total. The van der Waals surface area contributed by atoms with Gasteiger partial charge in [0.05, 0.1) is 0 Å². The molecule has 0 atom stereocenters. The number of nitrogens with one attached hydrogen (secondary N) is 1. The Kier molecular flexibility index (Phi) is 5.15. The first-order chi connectivity index (χ1) is 14.0. The Hall–Kier alpha value is -3.06. The van der Waals surface area contributed by atoms with Crippen LogP contribution in [-0.2, 0) is 5.41 Å². The van der Waals surface area contributed by atoms with Crippen molar-refractivity contribution >= 4 is 16.9 Å². The average molecular weight is 380 g/mol. The van der Waals surface area contributed by atoms with E-state index in [4.69, 9.17) is 0 Å². The minimum absolute atomic E-state index is 0.0532. The molecule has 3 aromatic rings. The lowest BCUT2D eigenvalue weighted by Gasteiger charge is -2.23. The van der Waals surface area contributed by atoms with Gasteiger partial charge in [0.25, 0.3) is 0 Å². The molecule has 0 radical (unpaired) electrons. The van der Waals surface area contributed by atoms with E-state index in [0.29, 0.717) is 0 Å². The lowest BCUT2D eigenvalue weighted by molar-refractivity contribution is 0.639. The first-order valence-electron chi connectivity index (χ1n) is 10.5. The first kappa shape index (κ1) is 19.3. The maximum absolute atomic E-state index is 3.59. The lowest BCUT2D eigenvalue weighted by atomic mass is 9.82. The Balaban J connectivity index is 1.59. The molecule has 0 fully saturated rings. The Morgan fingerprint density at radius 1 is 0.828 bits per heavy atom. The van der Waals surface area contributed by atoms with E-state index >= 15 is 0 Å². The zero-order chi connectivity index (χ0) is 20.4. The van der Waals surface area contributed by atoms with Crippen molar-refractivity contribution in [1.82, 2.24) is 0 Å². The molecule has 146 valence electrons. The number of hydrogen-bond acceptors (Lipinski definition) is 1. The number of allylic oxidation sites excluding steroid dienone is 4. The van der Waals surface area contributed by atoms with Crippen LogP contribution in [0.2, 0.25) is 0 Å². The maximum atomic E-state index is 3.59. The van der Waals surface area contributed by atoms with Crippen LogP contribution in [0.4, 0.5) is 11.4 Å². The van der Waals surface area contributed by atoms with E-state index in [9.17, 15) is 0 Å². The van der Waals surface area contributed by atoms with E-state index in [0.717, 1.165) is 17.8 Å². The minimum atomic E-state index is 0.0532. The van der Waals surface area contributed by atoms with Crippen LogP contribution in [0.1, 0.15) is 45.2 Å². The molecular weight excluding hydrogens is 350 g/mol. The number of fused-ring (bicyclic) bond motifs is 1. The summed E-state index contributed by atoms with van der Waals surface area (Å²) in [6.45, 7) is 9.10. The second-order valence-electron chi connectivity index (χ2n) is 8.30. The Bertz CT molecular complexity index is 1070. The molecule has 1 aliphatic carbocycles. The summed E-state index contributed by atoms with van der Waals surface area (Å²) in [4.78, 5) is 0. The zero-order valence-corrected chi connectivity index (χ0v) is 17.8. The molecule has 1 heteroatoms. The van der Waals surface area contributed by atoms with Crippen LogP contribution in [-0.4, -0.2) is 0 Å². The lowest BCUT2D eigenvalue weighted by Crippen LogP contribution is -2.15. The molecule has 29 heavy (non-hydrogen) atoms. The third-order valence-electron chi connectivity index (χ3n) is 6.13. The van der Waals surface area contributed by atoms with E-state index in [1.54, 1.807) is 0 Å². The normalized spacial score (nSPS) is 15.0. The second-order valence-corrected chi connectivity index (χ2v) is 8.30. The van der Waals surface area contributed by atoms with Gasteiger partial charge < -0.3 is 5.32 Å². The quantitative estimate of drug-likeness (QED) is 0.472. The molecule has 1 N–H and O–H groups in total. The third kappa shape index (κ3) is 3.65. The summed E-state index contributed by atoms with van der Waals surface area (Å²) < 4.78 is 0. The van der Waals surface area contributed by atoms with Crippen LogP contribution in [0, 0.1) is 0 Å². The van der Waals surface area contributed by atoms with Gasteiger partial charge in [0.2, 0.25) is 0 Å². The van der Waals surface area contributed by atoms with E-state index < -0.39 is 0 Å². The molecule has 0 spiro atoms.